The van der Waals surface area contributed by atoms with E-state index in [2.05, 4.69) is 161 Å². The van der Waals surface area contributed by atoms with E-state index in [9.17, 15) is 0 Å². The molecule has 9 rings (SSSR count). The van der Waals surface area contributed by atoms with E-state index in [1.54, 1.807) is 0 Å². The van der Waals surface area contributed by atoms with Crippen molar-refractivity contribution in [2.75, 3.05) is 0 Å². The zero-order valence-corrected chi connectivity index (χ0v) is 28.6. The maximum Gasteiger partial charge on any atom is 2.00 e. The van der Waals surface area contributed by atoms with Crippen LogP contribution in [0.4, 0.5) is 0 Å². The predicted octanol–water partition coefficient (Wildman–Crippen LogP) is 10.8. The van der Waals surface area contributed by atoms with Gasteiger partial charge in [-0.2, -0.15) is 42.5 Å². The molecule has 3 heteroatoms. The Hall–Kier alpha value is -4.81. The van der Waals surface area contributed by atoms with Crippen LogP contribution in [0.5, 0.6) is 0 Å². The fourth-order valence-electron chi connectivity index (χ4n) is 6.72. The van der Waals surface area contributed by atoms with Crippen LogP contribution in [0.3, 0.4) is 0 Å². The Morgan fingerprint density at radius 2 is 0.956 bits per heavy atom. The average Bonchev–Trinajstić information content (AvgIpc) is 3.61. The van der Waals surface area contributed by atoms with E-state index in [1.165, 1.54) is 60.4 Å². The summed E-state index contributed by atoms with van der Waals surface area (Å²) >= 11 is 0. The molecule has 0 saturated carbocycles. The molecule has 0 bridgehead atoms. The first kappa shape index (κ1) is 27.7. The van der Waals surface area contributed by atoms with Gasteiger partial charge in [-0.1, -0.05) is 66.7 Å². The molecular formula is C42H26N2U. The fourth-order valence-corrected chi connectivity index (χ4v) is 6.72. The molecule has 0 amide bonds. The molecule has 45 heavy (non-hydrogen) atoms. The van der Waals surface area contributed by atoms with Gasteiger partial charge in [0.25, 0.3) is 0 Å². The summed E-state index contributed by atoms with van der Waals surface area (Å²) < 4.78 is 4.70. The van der Waals surface area contributed by atoms with E-state index in [4.69, 9.17) is 0 Å². The molecule has 9 aromatic rings. The van der Waals surface area contributed by atoms with Crippen LogP contribution in [0.15, 0.2) is 158 Å². The molecule has 0 fully saturated rings. The zero-order chi connectivity index (χ0) is 29.0. The van der Waals surface area contributed by atoms with E-state index in [0.717, 1.165) is 16.8 Å². The Morgan fingerprint density at radius 3 is 1.62 bits per heavy atom. The number of aromatic nitrogens is 2. The Morgan fingerprint density at radius 1 is 0.400 bits per heavy atom. The number of hydrogen-bond acceptors (Lipinski definition) is 0. The van der Waals surface area contributed by atoms with Crippen molar-refractivity contribution in [1.29, 1.82) is 0 Å². The van der Waals surface area contributed by atoms with Crippen LogP contribution in [-0.4, -0.2) is 9.13 Å². The van der Waals surface area contributed by atoms with Crippen LogP contribution in [-0.2, 0) is 0 Å². The molecule has 7 aromatic carbocycles. The molecule has 0 aliphatic rings. The van der Waals surface area contributed by atoms with Gasteiger partial charge >= 0.3 is 31.1 Å². The van der Waals surface area contributed by atoms with Crippen LogP contribution >= 0.6 is 0 Å². The van der Waals surface area contributed by atoms with Crippen molar-refractivity contribution in [3.8, 4) is 33.6 Å². The Bertz CT molecular complexity index is 2490. The van der Waals surface area contributed by atoms with E-state index in [1.807, 2.05) is 18.2 Å². The van der Waals surface area contributed by atoms with Crippen LogP contribution < -0.4 is 0 Å². The molecule has 2 heterocycles. The van der Waals surface area contributed by atoms with Gasteiger partial charge in [-0.25, -0.2) is 11.1 Å². The third kappa shape index (κ3) is 4.55. The summed E-state index contributed by atoms with van der Waals surface area (Å²) in [7, 11) is 0. The molecule has 0 aliphatic carbocycles. The first-order valence-electron chi connectivity index (χ1n) is 15.0. The van der Waals surface area contributed by atoms with Crippen molar-refractivity contribution < 1.29 is 31.1 Å². The second-order valence-electron chi connectivity index (χ2n) is 11.2. The standard InChI is InChI=1S/C42H26N2.U/c1-3-12-29(13-4-1)30-14-11-17-34(26-30)44-40-21-10-8-19-36(40)38-28-32(23-25-42(38)44)31-22-24-41-37(27-31)35-18-7-9-20-39(35)43(41)33-15-5-2-6-16-33;/h1-12,14-25,27-28H;/q-2;+2. The molecule has 2 aromatic heterocycles. The SMILES string of the molecule is [U+2].[c-]1ccccc1-c1[c-]c(-n2c3ccccc3c3cc(-c4ccc5c(c4)c4ccccc4n5-c4ccccc4)ccc32)ccc1. The van der Waals surface area contributed by atoms with E-state index >= 15 is 0 Å². The molecule has 0 unspecified atom stereocenters. The minimum absolute atomic E-state index is 0. The number of rotatable bonds is 4. The van der Waals surface area contributed by atoms with Crippen molar-refractivity contribution in [1.82, 2.24) is 9.13 Å². The monoisotopic (exact) mass is 796 g/mol. The van der Waals surface area contributed by atoms with Crippen LogP contribution in [0, 0.1) is 43.2 Å². The fraction of sp³-hybridized carbons (Fsp3) is 0. The first-order valence-corrected chi connectivity index (χ1v) is 15.0. The van der Waals surface area contributed by atoms with Gasteiger partial charge in [0.1, 0.15) is 0 Å². The summed E-state index contributed by atoms with van der Waals surface area (Å²) in [6.45, 7) is 0. The maximum atomic E-state index is 3.68. The molecule has 0 spiro atoms. The minimum Gasteiger partial charge on any atom is -0.328 e. The second-order valence-corrected chi connectivity index (χ2v) is 11.2. The predicted molar refractivity (Wildman–Crippen MR) is 184 cm³/mol. The molecule has 2 nitrogen and oxygen atoms in total. The minimum atomic E-state index is 0. The summed E-state index contributed by atoms with van der Waals surface area (Å²) in [5.74, 6) is 0. The summed E-state index contributed by atoms with van der Waals surface area (Å²) in [6, 6.07) is 63.2. The largest absolute Gasteiger partial charge is 2.00 e. The topological polar surface area (TPSA) is 9.86 Å². The van der Waals surface area contributed by atoms with Gasteiger partial charge in [0.05, 0.1) is 22.1 Å². The Kier molecular flexibility index (Phi) is 6.95. The van der Waals surface area contributed by atoms with Gasteiger partial charge in [-0.15, -0.1) is 12.1 Å². The van der Waals surface area contributed by atoms with Gasteiger partial charge in [0, 0.05) is 27.2 Å². The maximum absolute atomic E-state index is 3.68. The zero-order valence-electron chi connectivity index (χ0n) is 24.4. The molecule has 0 radical (unpaired) electrons. The van der Waals surface area contributed by atoms with E-state index < -0.39 is 0 Å². The van der Waals surface area contributed by atoms with Crippen molar-refractivity contribution in [2.24, 2.45) is 0 Å². The van der Waals surface area contributed by atoms with Crippen molar-refractivity contribution in [3.05, 3.63) is 170 Å². The summed E-state index contributed by atoms with van der Waals surface area (Å²) in [5, 5.41) is 4.98. The summed E-state index contributed by atoms with van der Waals surface area (Å²) in [5.41, 5.74) is 11.5. The molecular weight excluding hydrogens is 771 g/mol. The Labute approximate surface area is 285 Å². The number of nitrogens with zero attached hydrogens (tertiary/aromatic N) is 2. The number of hydrogen-bond donors (Lipinski definition) is 0. The normalized spacial score (nSPS) is 11.4. The molecule has 0 aliphatic heterocycles. The van der Waals surface area contributed by atoms with Crippen molar-refractivity contribution >= 4 is 43.6 Å². The Balaban J connectivity index is 0.00000300. The van der Waals surface area contributed by atoms with Crippen LogP contribution in [0.2, 0.25) is 0 Å². The van der Waals surface area contributed by atoms with Gasteiger partial charge in [0.2, 0.25) is 0 Å². The third-order valence-corrected chi connectivity index (χ3v) is 8.71. The van der Waals surface area contributed by atoms with Gasteiger partial charge in [-0.3, -0.25) is 0 Å². The third-order valence-electron chi connectivity index (χ3n) is 8.71. The smallest absolute Gasteiger partial charge is 0.328 e. The van der Waals surface area contributed by atoms with Crippen molar-refractivity contribution in [2.45, 2.75) is 0 Å². The van der Waals surface area contributed by atoms with Crippen LogP contribution in [0.25, 0.3) is 77.2 Å². The van der Waals surface area contributed by atoms with Crippen LogP contribution in [0.1, 0.15) is 0 Å². The average molecular weight is 797 g/mol. The van der Waals surface area contributed by atoms with Gasteiger partial charge in [0.15, 0.2) is 0 Å². The first-order chi connectivity index (χ1) is 21.8. The van der Waals surface area contributed by atoms with Gasteiger partial charge in [-0.05, 0) is 65.3 Å². The molecule has 0 N–H and O–H groups in total. The number of para-hydroxylation sites is 3. The van der Waals surface area contributed by atoms with E-state index in [0.29, 0.717) is 0 Å². The van der Waals surface area contributed by atoms with E-state index in [-0.39, 0.29) is 31.1 Å². The molecule has 0 atom stereocenters. The second kappa shape index (κ2) is 11.3. The van der Waals surface area contributed by atoms with Crippen molar-refractivity contribution in [3.63, 3.8) is 0 Å². The summed E-state index contributed by atoms with van der Waals surface area (Å²) in [4.78, 5) is 0. The quantitative estimate of drug-likeness (QED) is 0.157. The number of benzene rings is 7. The molecule has 208 valence electrons. The van der Waals surface area contributed by atoms with Gasteiger partial charge < -0.3 is 9.13 Å². The molecule has 0 saturated heterocycles. The summed E-state index contributed by atoms with van der Waals surface area (Å²) in [6.07, 6.45) is 0. The number of fused-ring (bicyclic) bond motifs is 6.